The van der Waals surface area contributed by atoms with Crippen LogP contribution in [0.4, 0.5) is 5.13 Å². The van der Waals surface area contributed by atoms with Gasteiger partial charge in [0.25, 0.3) is 0 Å². The molecule has 1 saturated heterocycles. The molecule has 2 aromatic heterocycles. The van der Waals surface area contributed by atoms with Crippen molar-refractivity contribution in [3.05, 3.63) is 59.1 Å². The van der Waals surface area contributed by atoms with Crippen LogP contribution in [-0.4, -0.2) is 46.5 Å². The maximum atomic E-state index is 12.9. The second kappa shape index (κ2) is 7.36. The fourth-order valence-corrected chi connectivity index (χ4v) is 4.77. The molecule has 3 heterocycles. The van der Waals surface area contributed by atoms with Crippen LogP contribution in [0.25, 0.3) is 21.3 Å². The highest BCUT2D eigenvalue weighted by Gasteiger charge is 2.22. The maximum absolute atomic E-state index is 12.9. The fourth-order valence-electron chi connectivity index (χ4n) is 3.75. The van der Waals surface area contributed by atoms with Crippen molar-refractivity contribution in [2.24, 2.45) is 0 Å². The van der Waals surface area contributed by atoms with Crippen molar-refractivity contribution in [1.82, 2.24) is 14.5 Å². The van der Waals surface area contributed by atoms with Crippen molar-refractivity contribution >= 4 is 43.7 Å². The highest BCUT2D eigenvalue weighted by atomic mass is 32.1. The zero-order chi connectivity index (χ0) is 19.8. The summed E-state index contributed by atoms with van der Waals surface area (Å²) in [4.78, 5) is 33.9. The van der Waals surface area contributed by atoms with Gasteiger partial charge in [0, 0.05) is 26.2 Å². The van der Waals surface area contributed by atoms with E-state index in [4.69, 9.17) is 9.40 Å². The van der Waals surface area contributed by atoms with E-state index in [0.29, 0.717) is 24.2 Å². The SMILES string of the molecule is O=C(Cn1c(=O)oc2ccccc21)N1CCCN(c2nc3ccccc3s2)CC1. The van der Waals surface area contributed by atoms with Gasteiger partial charge >= 0.3 is 5.76 Å². The predicted octanol–water partition coefficient (Wildman–Crippen LogP) is 2.94. The highest BCUT2D eigenvalue weighted by molar-refractivity contribution is 7.22. The average molecular weight is 408 g/mol. The molecular weight excluding hydrogens is 388 g/mol. The molecule has 0 unspecified atom stereocenters. The van der Waals surface area contributed by atoms with Gasteiger partial charge in [-0.25, -0.2) is 9.78 Å². The van der Waals surface area contributed by atoms with Gasteiger partial charge in [0.1, 0.15) is 6.54 Å². The first-order valence-corrected chi connectivity index (χ1v) is 10.5. The van der Waals surface area contributed by atoms with E-state index in [1.165, 1.54) is 9.27 Å². The molecule has 0 radical (unpaired) electrons. The van der Waals surface area contributed by atoms with Gasteiger partial charge in [-0.05, 0) is 30.7 Å². The van der Waals surface area contributed by atoms with E-state index < -0.39 is 5.76 Å². The van der Waals surface area contributed by atoms with Gasteiger partial charge in [-0.1, -0.05) is 35.6 Å². The number of rotatable bonds is 3. The number of nitrogens with zero attached hydrogens (tertiary/aromatic N) is 4. The van der Waals surface area contributed by atoms with Gasteiger partial charge in [-0.2, -0.15) is 0 Å². The van der Waals surface area contributed by atoms with Gasteiger partial charge in [-0.15, -0.1) is 0 Å². The number of anilines is 1. The smallest absolute Gasteiger partial charge is 0.408 e. The molecule has 148 valence electrons. The summed E-state index contributed by atoms with van der Waals surface area (Å²) < 4.78 is 7.82. The number of fused-ring (bicyclic) bond motifs is 2. The van der Waals surface area contributed by atoms with Gasteiger partial charge in [0.05, 0.1) is 15.7 Å². The Labute approximate surface area is 170 Å². The summed E-state index contributed by atoms with van der Waals surface area (Å²) in [5.74, 6) is -0.560. The monoisotopic (exact) mass is 408 g/mol. The lowest BCUT2D eigenvalue weighted by molar-refractivity contribution is -0.131. The largest absolute Gasteiger partial charge is 0.420 e. The molecule has 8 heteroatoms. The third kappa shape index (κ3) is 3.40. The number of hydrogen-bond acceptors (Lipinski definition) is 6. The average Bonchev–Trinajstić information content (AvgIpc) is 3.19. The van der Waals surface area contributed by atoms with Gasteiger partial charge in [0.2, 0.25) is 5.91 Å². The second-order valence-electron chi connectivity index (χ2n) is 7.11. The van der Waals surface area contributed by atoms with Crippen LogP contribution < -0.4 is 10.7 Å². The number of oxazole rings is 1. The topological polar surface area (TPSA) is 71.6 Å². The summed E-state index contributed by atoms with van der Waals surface area (Å²) in [5, 5.41) is 0.998. The number of para-hydroxylation sites is 3. The number of carbonyl (C=O) groups is 1. The molecule has 0 aliphatic carbocycles. The minimum Gasteiger partial charge on any atom is -0.408 e. The second-order valence-corrected chi connectivity index (χ2v) is 8.12. The molecule has 0 bridgehead atoms. The van der Waals surface area contributed by atoms with Crippen LogP contribution in [0.15, 0.2) is 57.7 Å². The highest BCUT2D eigenvalue weighted by Crippen LogP contribution is 2.29. The summed E-state index contributed by atoms with van der Waals surface area (Å²) in [7, 11) is 0. The molecule has 5 rings (SSSR count). The molecule has 29 heavy (non-hydrogen) atoms. The van der Waals surface area contributed by atoms with Crippen LogP contribution in [0.1, 0.15) is 6.42 Å². The van der Waals surface area contributed by atoms with Crippen LogP contribution in [0.3, 0.4) is 0 Å². The normalized spacial score (nSPS) is 15.2. The van der Waals surface area contributed by atoms with Crippen LogP contribution in [0.5, 0.6) is 0 Å². The third-order valence-electron chi connectivity index (χ3n) is 5.27. The number of hydrogen-bond donors (Lipinski definition) is 0. The Balaban J connectivity index is 1.30. The van der Waals surface area contributed by atoms with E-state index in [2.05, 4.69) is 11.0 Å². The molecule has 7 nitrogen and oxygen atoms in total. The maximum Gasteiger partial charge on any atom is 0.420 e. The van der Waals surface area contributed by atoms with Crippen molar-refractivity contribution in [3.8, 4) is 0 Å². The van der Waals surface area contributed by atoms with E-state index >= 15 is 0 Å². The Morgan fingerprint density at radius 3 is 2.76 bits per heavy atom. The molecule has 1 aliphatic rings. The first-order chi connectivity index (χ1) is 14.2. The van der Waals surface area contributed by atoms with Crippen molar-refractivity contribution < 1.29 is 9.21 Å². The Bertz CT molecular complexity index is 1210. The van der Waals surface area contributed by atoms with Gasteiger partial charge < -0.3 is 14.2 Å². The fraction of sp³-hybridized carbons (Fsp3) is 0.286. The quantitative estimate of drug-likeness (QED) is 0.521. The van der Waals surface area contributed by atoms with Gasteiger partial charge in [0.15, 0.2) is 10.7 Å². The van der Waals surface area contributed by atoms with Crippen molar-refractivity contribution in [2.45, 2.75) is 13.0 Å². The van der Waals surface area contributed by atoms with E-state index in [0.717, 1.165) is 30.2 Å². The minimum atomic E-state index is -0.495. The predicted molar refractivity (Wildman–Crippen MR) is 114 cm³/mol. The minimum absolute atomic E-state index is 0.00299. The molecule has 0 saturated carbocycles. The molecule has 4 aromatic rings. The Morgan fingerprint density at radius 1 is 1.03 bits per heavy atom. The molecule has 0 N–H and O–H groups in total. The lowest BCUT2D eigenvalue weighted by atomic mass is 10.3. The zero-order valence-corrected chi connectivity index (χ0v) is 16.6. The molecule has 0 spiro atoms. The lowest BCUT2D eigenvalue weighted by Gasteiger charge is -2.21. The van der Waals surface area contributed by atoms with Crippen LogP contribution in [0.2, 0.25) is 0 Å². The van der Waals surface area contributed by atoms with E-state index in [1.54, 1.807) is 23.5 Å². The molecular formula is C21H20N4O3S. The lowest BCUT2D eigenvalue weighted by Crippen LogP contribution is -2.38. The Hall–Kier alpha value is -3.13. The molecule has 0 atom stereocenters. The number of aromatic nitrogens is 2. The molecule has 1 amide bonds. The van der Waals surface area contributed by atoms with Crippen molar-refractivity contribution in [3.63, 3.8) is 0 Å². The molecule has 1 fully saturated rings. The number of thiazole rings is 1. The Kier molecular flexibility index (Phi) is 4.55. The van der Waals surface area contributed by atoms with Crippen LogP contribution in [0, 0.1) is 0 Å². The number of benzene rings is 2. The summed E-state index contributed by atoms with van der Waals surface area (Å²) in [6.07, 6.45) is 0.864. The first kappa shape index (κ1) is 17.9. The summed E-state index contributed by atoms with van der Waals surface area (Å²) in [5.41, 5.74) is 2.16. The summed E-state index contributed by atoms with van der Waals surface area (Å²) >= 11 is 1.68. The van der Waals surface area contributed by atoms with E-state index in [-0.39, 0.29) is 12.5 Å². The summed E-state index contributed by atoms with van der Waals surface area (Å²) in [6.45, 7) is 2.87. The standard InChI is InChI=1S/C21H20N4O3S/c26-19(14-25-16-7-2-3-8-17(16)28-21(25)27)23-10-5-11-24(13-12-23)20-22-15-6-1-4-9-18(15)29-20/h1-4,6-9H,5,10-14H2. The summed E-state index contributed by atoms with van der Waals surface area (Å²) in [6, 6.07) is 15.3. The Morgan fingerprint density at radius 2 is 1.86 bits per heavy atom. The molecule has 2 aromatic carbocycles. The third-order valence-corrected chi connectivity index (χ3v) is 6.37. The van der Waals surface area contributed by atoms with Gasteiger partial charge in [-0.3, -0.25) is 9.36 Å². The van der Waals surface area contributed by atoms with Crippen LogP contribution >= 0.6 is 11.3 Å². The zero-order valence-electron chi connectivity index (χ0n) is 15.8. The number of amides is 1. The first-order valence-electron chi connectivity index (χ1n) is 9.66. The van der Waals surface area contributed by atoms with Crippen LogP contribution in [-0.2, 0) is 11.3 Å². The van der Waals surface area contributed by atoms with E-state index in [9.17, 15) is 9.59 Å². The molecule has 1 aliphatic heterocycles. The van der Waals surface area contributed by atoms with Crippen molar-refractivity contribution in [1.29, 1.82) is 0 Å². The van der Waals surface area contributed by atoms with E-state index in [1.807, 2.05) is 35.2 Å². The van der Waals surface area contributed by atoms with Crippen molar-refractivity contribution in [2.75, 3.05) is 31.1 Å². The number of carbonyl (C=O) groups excluding carboxylic acids is 1.